The Labute approximate surface area is 124 Å². The van der Waals surface area contributed by atoms with Crippen LogP contribution in [0.15, 0.2) is 6.07 Å². The molecule has 0 unspecified atom stereocenters. The highest BCUT2D eigenvalue weighted by Crippen LogP contribution is 2.49. The number of ether oxygens (including phenoxy) is 3. The number of hydrogen-bond donors (Lipinski definition) is 2. The fourth-order valence-electron chi connectivity index (χ4n) is 2.74. The Kier molecular flexibility index (Phi) is 2.88. The van der Waals surface area contributed by atoms with E-state index in [1.54, 1.807) is 6.92 Å². The van der Waals surface area contributed by atoms with E-state index in [0.29, 0.717) is 10.9 Å². The molecule has 0 saturated heterocycles. The molecule has 0 aliphatic carbocycles. The smallest absolute Gasteiger partial charge is 0.350 e. The molecule has 114 valence electrons. The first-order valence-electron chi connectivity index (χ1n) is 6.32. The molecule has 1 aliphatic heterocycles. The summed E-state index contributed by atoms with van der Waals surface area (Å²) in [5, 5.41) is 20.8. The van der Waals surface area contributed by atoms with Crippen LogP contribution in [0.5, 0.6) is 23.0 Å². The third kappa shape index (κ3) is 1.56. The van der Waals surface area contributed by atoms with Gasteiger partial charge in [0.1, 0.15) is 22.6 Å². The topological polar surface area (TPSA) is 102 Å². The Morgan fingerprint density at radius 1 is 1.00 bits per heavy atom. The highest BCUT2D eigenvalue weighted by molar-refractivity contribution is 6.25. The summed E-state index contributed by atoms with van der Waals surface area (Å²) in [4.78, 5) is 24.0. The Balaban J connectivity index is 2.69. The number of carbonyl (C=O) groups excluding carboxylic acids is 2. The Hall–Kier alpha value is -2.96. The van der Waals surface area contributed by atoms with E-state index < -0.39 is 11.9 Å². The quantitative estimate of drug-likeness (QED) is 0.645. The average Bonchev–Trinajstić information content (AvgIpc) is 2.47. The van der Waals surface area contributed by atoms with Gasteiger partial charge in [-0.05, 0) is 6.92 Å². The minimum absolute atomic E-state index is 0.114. The highest BCUT2D eigenvalue weighted by Gasteiger charge is 2.36. The van der Waals surface area contributed by atoms with E-state index in [1.165, 1.54) is 20.3 Å². The number of carbonyl (C=O) groups is 2. The summed E-state index contributed by atoms with van der Waals surface area (Å²) in [6.07, 6.45) is 0. The lowest BCUT2D eigenvalue weighted by atomic mass is 9.91. The molecular weight excluding hydrogens is 292 g/mol. The standard InChI is InChI=1S/C15H12O7/c1-5-8-7(20-2)4-6(16)9-10(8)11(13(21-3)12(5)17)15(19)22-14(9)18/h4,16-17H,1-3H3. The number of phenolic OH excluding ortho intramolecular Hbond substituents is 2. The maximum absolute atomic E-state index is 12.1. The van der Waals surface area contributed by atoms with Gasteiger partial charge in [-0.25, -0.2) is 9.59 Å². The second-order valence-electron chi connectivity index (χ2n) is 4.78. The fourth-order valence-corrected chi connectivity index (χ4v) is 2.74. The van der Waals surface area contributed by atoms with Crippen LogP contribution in [0.2, 0.25) is 0 Å². The van der Waals surface area contributed by atoms with Crippen LogP contribution >= 0.6 is 0 Å². The van der Waals surface area contributed by atoms with Crippen molar-refractivity contribution < 1.29 is 34.0 Å². The van der Waals surface area contributed by atoms with Gasteiger partial charge in [-0.1, -0.05) is 0 Å². The molecule has 0 radical (unpaired) electrons. The summed E-state index contributed by atoms with van der Waals surface area (Å²) in [6, 6.07) is 1.23. The Morgan fingerprint density at radius 3 is 2.23 bits per heavy atom. The molecule has 7 nitrogen and oxygen atoms in total. The zero-order valence-electron chi connectivity index (χ0n) is 12.0. The Morgan fingerprint density at radius 2 is 1.64 bits per heavy atom. The predicted octanol–water partition coefficient (Wildman–Crippen LogP) is 1.89. The summed E-state index contributed by atoms with van der Waals surface area (Å²) in [7, 11) is 2.65. The lowest BCUT2D eigenvalue weighted by Gasteiger charge is -2.22. The van der Waals surface area contributed by atoms with Crippen LogP contribution in [0.25, 0.3) is 10.8 Å². The van der Waals surface area contributed by atoms with Crippen LogP contribution in [0.4, 0.5) is 0 Å². The number of benzene rings is 2. The summed E-state index contributed by atoms with van der Waals surface area (Å²) in [5.74, 6) is -2.45. The van der Waals surface area contributed by atoms with Crippen molar-refractivity contribution in [2.45, 2.75) is 6.92 Å². The second kappa shape index (κ2) is 4.52. The van der Waals surface area contributed by atoms with E-state index in [-0.39, 0.29) is 39.5 Å². The van der Waals surface area contributed by atoms with Crippen molar-refractivity contribution in [3.63, 3.8) is 0 Å². The second-order valence-corrected chi connectivity index (χ2v) is 4.78. The minimum atomic E-state index is -0.963. The van der Waals surface area contributed by atoms with Gasteiger partial charge >= 0.3 is 11.9 Å². The zero-order chi connectivity index (χ0) is 16.2. The first-order chi connectivity index (χ1) is 10.4. The van der Waals surface area contributed by atoms with Gasteiger partial charge in [-0.2, -0.15) is 0 Å². The van der Waals surface area contributed by atoms with E-state index in [0.717, 1.165) is 0 Å². The maximum Gasteiger partial charge on any atom is 0.350 e. The number of hydrogen-bond acceptors (Lipinski definition) is 7. The molecule has 0 spiro atoms. The lowest BCUT2D eigenvalue weighted by Crippen LogP contribution is -2.21. The van der Waals surface area contributed by atoms with E-state index in [4.69, 9.17) is 9.47 Å². The molecule has 0 atom stereocenters. The number of aryl methyl sites for hydroxylation is 1. The highest BCUT2D eigenvalue weighted by atomic mass is 16.6. The fraction of sp³-hybridized carbons (Fsp3) is 0.200. The van der Waals surface area contributed by atoms with Crippen molar-refractivity contribution in [2.24, 2.45) is 0 Å². The zero-order valence-corrected chi connectivity index (χ0v) is 12.0. The number of aromatic hydroxyl groups is 2. The molecule has 2 N–H and O–H groups in total. The molecule has 2 aromatic rings. The van der Waals surface area contributed by atoms with E-state index in [9.17, 15) is 19.8 Å². The molecular formula is C15H12O7. The van der Waals surface area contributed by atoms with Gasteiger partial charge in [0.05, 0.1) is 14.2 Å². The summed E-state index contributed by atoms with van der Waals surface area (Å²) < 4.78 is 14.9. The van der Waals surface area contributed by atoms with E-state index in [2.05, 4.69) is 4.74 Å². The van der Waals surface area contributed by atoms with Crippen molar-refractivity contribution in [3.8, 4) is 23.0 Å². The van der Waals surface area contributed by atoms with Crippen LogP contribution in [-0.2, 0) is 4.74 Å². The van der Waals surface area contributed by atoms with Gasteiger partial charge in [-0.3, -0.25) is 0 Å². The Bertz CT molecular complexity index is 851. The monoisotopic (exact) mass is 304 g/mol. The van der Waals surface area contributed by atoms with Gasteiger partial charge in [0.25, 0.3) is 0 Å². The minimum Gasteiger partial charge on any atom is -0.507 e. The first-order valence-corrected chi connectivity index (χ1v) is 6.32. The van der Waals surface area contributed by atoms with E-state index >= 15 is 0 Å². The van der Waals surface area contributed by atoms with Crippen molar-refractivity contribution >= 4 is 22.7 Å². The molecule has 0 amide bonds. The maximum atomic E-state index is 12.1. The van der Waals surface area contributed by atoms with Gasteiger partial charge in [0.2, 0.25) is 0 Å². The average molecular weight is 304 g/mol. The van der Waals surface area contributed by atoms with Gasteiger partial charge < -0.3 is 24.4 Å². The van der Waals surface area contributed by atoms with Gasteiger partial charge in [0.15, 0.2) is 11.5 Å². The molecule has 1 aliphatic rings. The van der Waals surface area contributed by atoms with Crippen LogP contribution in [0, 0.1) is 6.92 Å². The number of cyclic esters (lactones) is 2. The van der Waals surface area contributed by atoms with Crippen LogP contribution < -0.4 is 9.47 Å². The molecule has 0 aromatic heterocycles. The third-order valence-electron chi connectivity index (χ3n) is 3.71. The number of rotatable bonds is 2. The van der Waals surface area contributed by atoms with Crippen molar-refractivity contribution in [1.29, 1.82) is 0 Å². The van der Waals surface area contributed by atoms with Crippen LogP contribution in [-0.4, -0.2) is 36.4 Å². The van der Waals surface area contributed by atoms with Crippen LogP contribution in [0.1, 0.15) is 26.3 Å². The molecule has 22 heavy (non-hydrogen) atoms. The molecule has 0 fully saturated rings. The molecule has 0 bridgehead atoms. The van der Waals surface area contributed by atoms with Crippen molar-refractivity contribution in [1.82, 2.24) is 0 Å². The molecule has 1 heterocycles. The van der Waals surface area contributed by atoms with Crippen molar-refractivity contribution in [3.05, 3.63) is 22.8 Å². The van der Waals surface area contributed by atoms with Gasteiger partial charge in [-0.15, -0.1) is 0 Å². The molecule has 7 heteroatoms. The summed E-state index contributed by atoms with van der Waals surface area (Å²) in [6.45, 7) is 1.59. The third-order valence-corrected chi connectivity index (χ3v) is 3.71. The first kappa shape index (κ1) is 14.0. The summed E-state index contributed by atoms with van der Waals surface area (Å²) in [5.41, 5.74) is 0.0763. The summed E-state index contributed by atoms with van der Waals surface area (Å²) >= 11 is 0. The predicted molar refractivity (Wildman–Crippen MR) is 74.9 cm³/mol. The van der Waals surface area contributed by atoms with Crippen molar-refractivity contribution in [2.75, 3.05) is 14.2 Å². The van der Waals surface area contributed by atoms with E-state index in [1.807, 2.05) is 0 Å². The number of esters is 2. The largest absolute Gasteiger partial charge is 0.507 e. The van der Waals surface area contributed by atoms with Gasteiger partial charge in [0, 0.05) is 22.4 Å². The number of phenols is 2. The number of methoxy groups -OCH3 is 2. The molecule has 3 rings (SSSR count). The molecule has 2 aromatic carbocycles. The van der Waals surface area contributed by atoms with Crippen LogP contribution in [0.3, 0.4) is 0 Å². The normalized spacial score (nSPS) is 13.2. The molecule has 0 saturated carbocycles. The SMILES string of the molecule is COc1c(O)c(C)c2c(OC)cc(O)c3c2c1C(=O)OC3=O. The lowest BCUT2D eigenvalue weighted by molar-refractivity contribution is 0.0386.